The molecule has 1 aliphatic rings. The van der Waals surface area contributed by atoms with Gasteiger partial charge in [0.15, 0.2) is 0 Å². The number of hydrogen-bond donors (Lipinski definition) is 2. The van der Waals surface area contributed by atoms with E-state index < -0.39 is 11.9 Å². The van der Waals surface area contributed by atoms with Crippen LogP contribution < -0.4 is 0 Å². The number of carboxylic acids is 2. The maximum atomic E-state index is 9.55. The molecule has 0 amide bonds. The molecule has 3 aromatic rings. The molecule has 2 aromatic heterocycles. The Kier molecular flexibility index (Phi) is 7.28. The van der Waals surface area contributed by atoms with Crippen LogP contribution in [0.3, 0.4) is 0 Å². The summed E-state index contributed by atoms with van der Waals surface area (Å²) >= 11 is 1.65. The molecule has 0 atom stereocenters. The van der Waals surface area contributed by atoms with Crippen LogP contribution in [0.5, 0.6) is 0 Å². The highest BCUT2D eigenvalue weighted by Gasteiger charge is 2.16. The van der Waals surface area contributed by atoms with Gasteiger partial charge in [0.2, 0.25) is 4.96 Å². The lowest BCUT2D eigenvalue weighted by Gasteiger charge is -2.31. The van der Waals surface area contributed by atoms with Crippen molar-refractivity contribution in [1.29, 1.82) is 0 Å². The molecule has 1 fully saturated rings. The van der Waals surface area contributed by atoms with Gasteiger partial charge < -0.3 is 15.1 Å². The quantitative estimate of drug-likeness (QED) is 0.592. The molecule has 0 spiro atoms. The Hall–Kier alpha value is -3.08. The molecule has 10 heteroatoms. The summed E-state index contributed by atoms with van der Waals surface area (Å²) < 4.78 is 1.92. The maximum Gasteiger partial charge on any atom is 0.328 e. The van der Waals surface area contributed by atoms with E-state index in [0.717, 1.165) is 53.9 Å². The molecule has 0 aliphatic carbocycles. The fourth-order valence-electron chi connectivity index (χ4n) is 2.90. The van der Waals surface area contributed by atoms with Gasteiger partial charge in [-0.25, -0.2) is 19.1 Å². The van der Waals surface area contributed by atoms with E-state index in [1.807, 2.05) is 22.7 Å². The average Bonchev–Trinajstić information content (AvgIpc) is 3.28. The number of aromatic nitrogens is 3. The van der Waals surface area contributed by atoms with Gasteiger partial charge in [0.05, 0.1) is 11.9 Å². The molecular formula is C20H23N5O4S. The zero-order chi connectivity index (χ0) is 21.5. The third-order valence-electron chi connectivity index (χ3n) is 4.46. The summed E-state index contributed by atoms with van der Waals surface area (Å²) in [7, 11) is 2.18. The van der Waals surface area contributed by atoms with Gasteiger partial charge in [-0.2, -0.15) is 5.10 Å². The standard InChI is InChI=1S/C16H19N5S.C4H4O4/c1-19-7-9-20(10-8-19)11-14-12-21-16(17-14)22-15(18-21)13-5-3-2-4-6-13;5-3(6)1-2-4(7)8/h2-6,12H,7-11H2,1H3;1-2H,(H,5,6)(H,7,8). The van der Waals surface area contributed by atoms with Gasteiger partial charge in [0.1, 0.15) is 5.01 Å². The Morgan fingerprint density at radius 1 is 1.07 bits per heavy atom. The highest BCUT2D eigenvalue weighted by atomic mass is 32.1. The van der Waals surface area contributed by atoms with Crippen molar-refractivity contribution < 1.29 is 19.8 Å². The Labute approximate surface area is 177 Å². The van der Waals surface area contributed by atoms with Crippen LogP contribution in [-0.2, 0) is 16.1 Å². The lowest BCUT2D eigenvalue weighted by molar-refractivity contribution is -0.134. The van der Waals surface area contributed by atoms with Gasteiger partial charge in [0.25, 0.3) is 0 Å². The maximum absolute atomic E-state index is 9.55. The van der Waals surface area contributed by atoms with Crippen molar-refractivity contribution in [2.75, 3.05) is 33.2 Å². The largest absolute Gasteiger partial charge is 0.478 e. The van der Waals surface area contributed by atoms with E-state index >= 15 is 0 Å². The number of hydrogen-bond acceptors (Lipinski definition) is 7. The van der Waals surface area contributed by atoms with Crippen molar-refractivity contribution in [3.63, 3.8) is 0 Å². The molecule has 9 nitrogen and oxygen atoms in total. The third-order valence-corrected chi connectivity index (χ3v) is 5.44. The highest BCUT2D eigenvalue weighted by Crippen LogP contribution is 2.25. The van der Waals surface area contributed by atoms with Crippen molar-refractivity contribution >= 4 is 28.2 Å². The number of rotatable bonds is 5. The van der Waals surface area contributed by atoms with Crippen molar-refractivity contribution in [3.05, 3.63) is 54.4 Å². The average molecular weight is 430 g/mol. The summed E-state index contributed by atoms with van der Waals surface area (Å²) in [5.74, 6) is -2.51. The monoisotopic (exact) mass is 429 g/mol. The van der Waals surface area contributed by atoms with E-state index in [1.165, 1.54) is 0 Å². The predicted octanol–water partition coefficient (Wildman–Crippen LogP) is 1.92. The molecule has 4 rings (SSSR count). The topological polar surface area (TPSA) is 111 Å². The molecule has 1 saturated heterocycles. The molecule has 0 saturated carbocycles. The number of carbonyl (C=O) groups is 2. The highest BCUT2D eigenvalue weighted by molar-refractivity contribution is 7.19. The van der Waals surface area contributed by atoms with Gasteiger partial charge in [-0.05, 0) is 7.05 Å². The third kappa shape index (κ3) is 6.21. The smallest absolute Gasteiger partial charge is 0.328 e. The van der Waals surface area contributed by atoms with Gasteiger partial charge >= 0.3 is 11.9 Å². The molecule has 158 valence electrons. The summed E-state index contributed by atoms with van der Waals surface area (Å²) in [5, 5.41) is 21.3. The van der Waals surface area contributed by atoms with Crippen LogP contribution in [0.1, 0.15) is 5.69 Å². The molecule has 0 bridgehead atoms. The Bertz CT molecular complexity index is 975. The van der Waals surface area contributed by atoms with Crippen molar-refractivity contribution in [1.82, 2.24) is 24.4 Å². The summed E-state index contributed by atoms with van der Waals surface area (Å²) in [5.41, 5.74) is 2.27. The number of likely N-dealkylation sites (N-methyl/N-ethyl adjacent to an activating group) is 1. The van der Waals surface area contributed by atoms with Crippen LogP contribution >= 0.6 is 11.3 Å². The zero-order valence-corrected chi connectivity index (χ0v) is 17.3. The second kappa shape index (κ2) is 10.1. The van der Waals surface area contributed by atoms with Crippen molar-refractivity contribution in [3.8, 4) is 10.6 Å². The van der Waals surface area contributed by atoms with E-state index in [9.17, 15) is 9.59 Å². The molecule has 1 aliphatic heterocycles. The van der Waals surface area contributed by atoms with Crippen LogP contribution in [0.2, 0.25) is 0 Å². The minimum absolute atomic E-state index is 0.558. The number of aliphatic carboxylic acids is 2. The van der Waals surface area contributed by atoms with E-state index in [-0.39, 0.29) is 0 Å². The molecular weight excluding hydrogens is 406 g/mol. The predicted molar refractivity (Wildman–Crippen MR) is 113 cm³/mol. The second-order valence-corrected chi connectivity index (χ2v) is 7.78. The van der Waals surface area contributed by atoms with Gasteiger partial charge in [0, 0.05) is 50.4 Å². The number of imidazole rings is 1. The van der Waals surface area contributed by atoms with Crippen LogP contribution in [0.15, 0.2) is 48.7 Å². The molecule has 0 unspecified atom stereocenters. The summed E-state index contributed by atoms with van der Waals surface area (Å²) in [6.07, 6.45) is 3.18. The SMILES string of the molecule is CN1CCN(Cc2cn3nc(-c4ccccc4)sc3n2)CC1.O=C(O)C=CC(=O)O. The minimum Gasteiger partial charge on any atom is -0.478 e. The molecule has 1 aromatic carbocycles. The lowest BCUT2D eigenvalue weighted by Crippen LogP contribution is -2.43. The Morgan fingerprint density at radius 3 is 2.27 bits per heavy atom. The van der Waals surface area contributed by atoms with Gasteiger partial charge in [-0.3, -0.25) is 4.90 Å². The van der Waals surface area contributed by atoms with Crippen LogP contribution in [0.25, 0.3) is 15.5 Å². The van der Waals surface area contributed by atoms with Crippen LogP contribution in [0.4, 0.5) is 0 Å². The fraction of sp³-hybridized carbons (Fsp3) is 0.300. The molecule has 0 radical (unpaired) electrons. The van der Waals surface area contributed by atoms with Gasteiger partial charge in [-0.1, -0.05) is 41.7 Å². The number of piperazine rings is 1. The summed E-state index contributed by atoms with van der Waals surface area (Å²) in [4.78, 5) is 29.7. The van der Waals surface area contributed by atoms with E-state index in [2.05, 4.69) is 40.3 Å². The van der Waals surface area contributed by atoms with Crippen LogP contribution in [0, 0.1) is 0 Å². The van der Waals surface area contributed by atoms with Crippen molar-refractivity contribution in [2.24, 2.45) is 0 Å². The van der Waals surface area contributed by atoms with E-state index in [4.69, 9.17) is 15.2 Å². The lowest BCUT2D eigenvalue weighted by atomic mass is 10.2. The van der Waals surface area contributed by atoms with E-state index in [1.54, 1.807) is 11.3 Å². The van der Waals surface area contributed by atoms with Gasteiger partial charge in [-0.15, -0.1) is 0 Å². The molecule has 30 heavy (non-hydrogen) atoms. The first kappa shape index (κ1) is 21.6. The zero-order valence-electron chi connectivity index (χ0n) is 16.5. The minimum atomic E-state index is -1.26. The summed E-state index contributed by atoms with van der Waals surface area (Å²) in [6, 6.07) is 10.3. The fourth-order valence-corrected chi connectivity index (χ4v) is 3.80. The number of benzene rings is 1. The van der Waals surface area contributed by atoms with Crippen LogP contribution in [-0.4, -0.2) is 79.8 Å². The first-order chi connectivity index (χ1) is 14.4. The number of carboxylic acid groups (broad SMARTS) is 2. The normalized spacial score (nSPS) is 15.2. The molecule has 2 N–H and O–H groups in total. The second-order valence-electron chi connectivity index (χ2n) is 6.82. The van der Waals surface area contributed by atoms with E-state index in [0.29, 0.717) is 12.2 Å². The first-order valence-corrected chi connectivity index (χ1v) is 10.2. The molecule has 3 heterocycles. The van der Waals surface area contributed by atoms with Crippen molar-refractivity contribution in [2.45, 2.75) is 6.54 Å². The Balaban J connectivity index is 0.000000275. The number of nitrogens with zero attached hydrogens (tertiary/aromatic N) is 5. The Morgan fingerprint density at radius 2 is 1.70 bits per heavy atom. The first-order valence-electron chi connectivity index (χ1n) is 9.36. The summed E-state index contributed by atoms with van der Waals surface area (Å²) in [6.45, 7) is 5.43. The number of fused-ring (bicyclic) bond motifs is 1.